The van der Waals surface area contributed by atoms with E-state index in [0.29, 0.717) is 17.2 Å². The number of thioether (sulfide) groups is 2. The average molecular weight is 323 g/mol. The summed E-state index contributed by atoms with van der Waals surface area (Å²) >= 11 is 3.97. The van der Waals surface area contributed by atoms with Crippen LogP contribution in [-0.2, 0) is 4.74 Å². The largest absolute Gasteiger partial charge is 0.378 e. The van der Waals surface area contributed by atoms with E-state index in [0.717, 1.165) is 31.4 Å². The van der Waals surface area contributed by atoms with E-state index in [-0.39, 0.29) is 5.91 Å². The van der Waals surface area contributed by atoms with Crippen LogP contribution >= 0.6 is 23.5 Å². The molecule has 1 aromatic carbocycles. The first-order chi connectivity index (χ1) is 10.3. The summed E-state index contributed by atoms with van der Waals surface area (Å²) in [6, 6.07) is 8.06. The van der Waals surface area contributed by atoms with Gasteiger partial charge in [-0.3, -0.25) is 4.79 Å². The van der Waals surface area contributed by atoms with Crippen LogP contribution in [-0.4, -0.2) is 36.7 Å². The molecule has 1 N–H and O–H groups in total. The molecule has 2 aliphatic heterocycles. The summed E-state index contributed by atoms with van der Waals surface area (Å²) in [5, 5.41) is 2.99. The zero-order valence-corrected chi connectivity index (χ0v) is 13.7. The second-order valence-corrected chi connectivity index (χ2v) is 8.10. The summed E-state index contributed by atoms with van der Waals surface area (Å²) in [7, 11) is 0. The van der Waals surface area contributed by atoms with Crippen molar-refractivity contribution in [2.75, 3.05) is 24.7 Å². The molecule has 2 saturated heterocycles. The summed E-state index contributed by atoms with van der Waals surface area (Å²) in [6.07, 6.45) is 3.53. The van der Waals surface area contributed by atoms with E-state index < -0.39 is 0 Å². The highest BCUT2D eigenvalue weighted by molar-refractivity contribution is 8.19. The van der Waals surface area contributed by atoms with Crippen molar-refractivity contribution in [3.05, 3.63) is 35.4 Å². The summed E-state index contributed by atoms with van der Waals surface area (Å²) < 4.78 is 6.10. The van der Waals surface area contributed by atoms with Crippen molar-refractivity contribution in [1.29, 1.82) is 0 Å². The zero-order valence-electron chi connectivity index (χ0n) is 12.0. The standard InChI is InChI=1S/C16H21NO2S2/c18-15(17-8-7-14-2-1-9-19-14)12-3-5-13(6-4-12)16-20-10-11-21-16/h3-6,14,16H,1-2,7-11H2,(H,17,18)/t14-/m0/s1. The Hall–Kier alpha value is -0.650. The van der Waals surface area contributed by atoms with Crippen LogP contribution in [0.25, 0.3) is 0 Å². The number of hydrogen-bond acceptors (Lipinski definition) is 4. The molecule has 3 rings (SSSR count). The minimum Gasteiger partial charge on any atom is -0.378 e. The molecule has 0 bridgehead atoms. The number of carbonyl (C=O) groups is 1. The van der Waals surface area contributed by atoms with Crippen molar-refractivity contribution in [2.24, 2.45) is 0 Å². The lowest BCUT2D eigenvalue weighted by Crippen LogP contribution is -2.27. The van der Waals surface area contributed by atoms with Crippen LogP contribution in [0, 0.1) is 0 Å². The Kier molecular flexibility index (Phi) is 5.49. The van der Waals surface area contributed by atoms with Gasteiger partial charge >= 0.3 is 0 Å². The van der Waals surface area contributed by atoms with Crippen LogP contribution in [0.4, 0.5) is 0 Å². The van der Waals surface area contributed by atoms with E-state index >= 15 is 0 Å². The van der Waals surface area contributed by atoms with Gasteiger partial charge in [-0.2, -0.15) is 0 Å². The van der Waals surface area contributed by atoms with Gasteiger partial charge in [-0.1, -0.05) is 12.1 Å². The molecule has 3 nitrogen and oxygen atoms in total. The maximum Gasteiger partial charge on any atom is 0.251 e. The van der Waals surface area contributed by atoms with Crippen LogP contribution in [0.1, 0.15) is 39.8 Å². The van der Waals surface area contributed by atoms with Crippen LogP contribution in [0.3, 0.4) is 0 Å². The van der Waals surface area contributed by atoms with Crippen LogP contribution in [0.2, 0.25) is 0 Å². The molecule has 5 heteroatoms. The predicted octanol–water partition coefficient (Wildman–Crippen LogP) is 3.46. The van der Waals surface area contributed by atoms with Gasteiger partial charge in [0.1, 0.15) is 0 Å². The minimum absolute atomic E-state index is 0.0197. The number of carbonyl (C=O) groups excluding carboxylic acids is 1. The molecule has 0 saturated carbocycles. The molecular weight excluding hydrogens is 302 g/mol. The SMILES string of the molecule is O=C(NCC[C@@H]1CCCO1)c1ccc(C2SCCS2)cc1. The molecule has 0 aliphatic carbocycles. The summed E-state index contributed by atoms with van der Waals surface area (Å²) in [6.45, 7) is 1.57. The quantitative estimate of drug-likeness (QED) is 0.900. The Morgan fingerprint density at radius 3 is 2.67 bits per heavy atom. The van der Waals surface area contributed by atoms with Gasteiger partial charge in [0.15, 0.2) is 0 Å². The molecular formula is C16H21NO2S2. The lowest BCUT2D eigenvalue weighted by Gasteiger charge is -2.11. The Morgan fingerprint density at radius 2 is 2.00 bits per heavy atom. The monoisotopic (exact) mass is 323 g/mol. The molecule has 0 radical (unpaired) electrons. The summed E-state index contributed by atoms with van der Waals surface area (Å²) in [5.74, 6) is 2.47. The van der Waals surface area contributed by atoms with Gasteiger partial charge in [-0.05, 0) is 37.0 Å². The predicted molar refractivity (Wildman–Crippen MR) is 90.0 cm³/mol. The summed E-state index contributed by atoms with van der Waals surface area (Å²) in [5.41, 5.74) is 2.07. The van der Waals surface area contributed by atoms with Gasteiger partial charge in [0.2, 0.25) is 0 Å². The number of nitrogens with one attached hydrogen (secondary N) is 1. The highest BCUT2D eigenvalue weighted by Crippen LogP contribution is 2.45. The van der Waals surface area contributed by atoms with Gasteiger partial charge in [0.05, 0.1) is 10.7 Å². The molecule has 0 spiro atoms. The molecule has 21 heavy (non-hydrogen) atoms. The smallest absolute Gasteiger partial charge is 0.251 e. The van der Waals surface area contributed by atoms with Crippen molar-refractivity contribution >= 4 is 29.4 Å². The molecule has 2 heterocycles. The fourth-order valence-corrected chi connectivity index (χ4v) is 5.52. The van der Waals surface area contributed by atoms with E-state index in [1.807, 2.05) is 35.7 Å². The average Bonchev–Trinajstić information content (AvgIpc) is 3.21. The van der Waals surface area contributed by atoms with Crippen molar-refractivity contribution in [3.63, 3.8) is 0 Å². The fourth-order valence-electron chi connectivity index (χ4n) is 2.66. The first kappa shape index (κ1) is 15.3. The Morgan fingerprint density at radius 1 is 1.24 bits per heavy atom. The Bertz CT molecular complexity index is 466. The van der Waals surface area contributed by atoms with Gasteiger partial charge in [0.25, 0.3) is 5.91 Å². The van der Waals surface area contributed by atoms with E-state index in [2.05, 4.69) is 17.4 Å². The van der Waals surface area contributed by atoms with Crippen molar-refractivity contribution < 1.29 is 9.53 Å². The Balaban J connectivity index is 1.47. The molecule has 2 aliphatic rings. The van der Waals surface area contributed by atoms with Crippen LogP contribution in [0.15, 0.2) is 24.3 Å². The van der Waals surface area contributed by atoms with Gasteiger partial charge in [-0.25, -0.2) is 0 Å². The molecule has 1 atom stereocenters. The van der Waals surface area contributed by atoms with Crippen LogP contribution in [0.5, 0.6) is 0 Å². The number of amides is 1. The molecule has 1 amide bonds. The molecule has 0 unspecified atom stereocenters. The second-order valence-electron chi connectivity index (χ2n) is 5.38. The van der Waals surface area contributed by atoms with Crippen molar-refractivity contribution in [1.82, 2.24) is 5.32 Å². The lowest BCUT2D eigenvalue weighted by molar-refractivity contribution is 0.0907. The first-order valence-corrected chi connectivity index (χ1v) is 9.65. The van der Waals surface area contributed by atoms with Gasteiger partial charge in [0, 0.05) is 30.2 Å². The van der Waals surface area contributed by atoms with E-state index in [1.165, 1.54) is 17.1 Å². The minimum atomic E-state index is 0.0197. The first-order valence-electron chi connectivity index (χ1n) is 7.56. The van der Waals surface area contributed by atoms with Gasteiger partial charge in [-0.15, -0.1) is 23.5 Å². The molecule has 1 aromatic rings. The third-order valence-electron chi connectivity index (χ3n) is 3.84. The molecule has 114 valence electrons. The van der Waals surface area contributed by atoms with Crippen molar-refractivity contribution in [3.8, 4) is 0 Å². The van der Waals surface area contributed by atoms with Gasteiger partial charge < -0.3 is 10.1 Å². The summed E-state index contributed by atoms with van der Waals surface area (Å²) in [4.78, 5) is 12.1. The highest BCUT2D eigenvalue weighted by Gasteiger charge is 2.19. The van der Waals surface area contributed by atoms with E-state index in [1.54, 1.807) is 0 Å². The van der Waals surface area contributed by atoms with Crippen molar-refractivity contribution in [2.45, 2.75) is 29.9 Å². The maximum absolute atomic E-state index is 12.1. The number of rotatable bonds is 5. The third-order valence-corrected chi connectivity index (χ3v) is 6.95. The van der Waals surface area contributed by atoms with E-state index in [4.69, 9.17) is 4.74 Å². The van der Waals surface area contributed by atoms with E-state index in [9.17, 15) is 4.79 Å². The fraction of sp³-hybridized carbons (Fsp3) is 0.562. The maximum atomic E-state index is 12.1. The molecule has 2 fully saturated rings. The second kappa shape index (κ2) is 7.56. The lowest BCUT2D eigenvalue weighted by atomic mass is 10.1. The Labute approximate surface area is 134 Å². The zero-order chi connectivity index (χ0) is 14.5. The third kappa shape index (κ3) is 4.18. The van der Waals surface area contributed by atoms with Crippen LogP contribution < -0.4 is 5.32 Å². The normalized spacial score (nSPS) is 22.6. The number of ether oxygens (including phenoxy) is 1. The number of hydrogen-bond donors (Lipinski definition) is 1. The highest BCUT2D eigenvalue weighted by atomic mass is 32.2. The number of benzene rings is 1. The molecule has 0 aromatic heterocycles. The topological polar surface area (TPSA) is 38.3 Å².